The first kappa shape index (κ1) is 13.5. The van der Waals surface area contributed by atoms with Crippen molar-refractivity contribution in [3.8, 4) is 0 Å². The van der Waals surface area contributed by atoms with Gasteiger partial charge in [0, 0.05) is 12.6 Å². The Balaban J connectivity index is 2.21. The van der Waals surface area contributed by atoms with Gasteiger partial charge in [0.2, 0.25) is 10.0 Å². The highest BCUT2D eigenvalue weighted by Gasteiger charge is 2.39. The number of rotatable bonds is 6. The summed E-state index contributed by atoms with van der Waals surface area (Å²) in [4.78, 5) is 0.290. The van der Waals surface area contributed by atoms with Crippen LogP contribution in [0.4, 0.5) is 0 Å². The zero-order valence-electron chi connectivity index (χ0n) is 10.9. The maximum atomic E-state index is 12.3. The van der Waals surface area contributed by atoms with E-state index in [9.17, 15) is 8.42 Å². The molecule has 0 spiro atoms. The summed E-state index contributed by atoms with van der Waals surface area (Å²) < 4.78 is 27.4. The van der Waals surface area contributed by atoms with Crippen molar-refractivity contribution < 1.29 is 8.42 Å². The summed E-state index contributed by atoms with van der Waals surface area (Å²) in [5.74, 6) is 0.486. The Bertz CT molecular complexity index is 523. The van der Waals surface area contributed by atoms with Crippen LogP contribution in [0.2, 0.25) is 0 Å². The Labute approximate surface area is 108 Å². The van der Waals surface area contributed by atoms with Gasteiger partial charge < -0.3 is 5.32 Å². The number of aryl methyl sites for hydroxylation is 1. The normalized spacial score (nSPS) is 23.3. The van der Waals surface area contributed by atoms with E-state index in [1.54, 1.807) is 14.0 Å². The maximum absolute atomic E-state index is 12.3. The Morgan fingerprint density at radius 1 is 1.50 bits per heavy atom. The Hall–Kier alpha value is -0.920. The van der Waals surface area contributed by atoms with Gasteiger partial charge in [0.1, 0.15) is 4.90 Å². The Kier molecular flexibility index (Phi) is 3.74. The number of aromatic amines is 1. The molecule has 0 aliphatic heterocycles. The predicted molar refractivity (Wildman–Crippen MR) is 68.6 cm³/mol. The van der Waals surface area contributed by atoms with E-state index >= 15 is 0 Å². The summed E-state index contributed by atoms with van der Waals surface area (Å²) in [5.41, 5.74) is 1.12. The quantitative estimate of drug-likeness (QED) is 0.704. The molecule has 1 aromatic rings. The van der Waals surface area contributed by atoms with Gasteiger partial charge in [0.15, 0.2) is 0 Å². The molecule has 102 valence electrons. The number of aromatic nitrogens is 2. The third kappa shape index (κ3) is 2.57. The van der Waals surface area contributed by atoms with Gasteiger partial charge in [-0.05, 0) is 26.3 Å². The van der Waals surface area contributed by atoms with Crippen molar-refractivity contribution >= 4 is 10.0 Å². The van der Waals surface area contributed by atoms with Gasteiger partial charge in [-0.15, -0.1) is 0 Å². The van der Waals surface area contributed by atoms with Crippen LogP contribution in [0.15, 0.2) is 4.90 Å². The first-order valence-electron chi connectivity index (χ1n) is 6.20. The van der Waals surface area contributed by atoms with Crippen LogP contribution in [0.3, 0.4) is 0 Å². The molecule has 2 rings (SSSR count). The summed E-state index contributed by atoms with van der Waals surface area (Å²) >= 11 is 0. The summed E-state index contributed by atoms with van der Waals surface area (Å²) in [6, 6.07) is 0.0942. The van der Waals surface area contributed by atoms with Crippen molar-refractivity contribution in [2.75, 3.05) is 7.05 Å². The molecule has 1 aromatic heterocycles. The van der Waals surface area contributed by atoms with Crippen molar-refractivity contribution in [1.82, 2.24) is 20.2 Å². The second kappa shape index (κ2) is 4.99. The van der Waals surface area contributed by atoms with Crippen LogP contribution in [0.1, 0.15) is 31.2 Å². The molecular weight excluding hydrogens is 252 g/mol. The van der Waals surface area contributed by atoms with Crippen molar-refractivity contribution in [2.45, 2.75) is 44.2 Å². The molecule has 2 atom stereocenters. The zero-order chi connectivity index (χ0) is 13.3. The minimum absolute atomic E-state index is 0.0942. The maximum Gasteiger partial charge on any atom is 0.244 e. The van der Waals surface area contributed by atoms with Gasteiger partial charge in [-0.3, -0.25) is 5.10 Å². The highest BCUT2D eigenvalue weighted by Crippen LogP contribution is 2.34. The van der Waals surface area contributed by atoms with Crippen LogP contribution in [-0.2, 0) is 16.6 Å². The van der Waals surface area contributed by atoms with E-state index < -0.39 is 10.0 Å². The standard InChI is InChI=1S/C11H20N4O2S/c1-4-8-5-9(8)15-18(16,17)11-7(2)13-14-10(11)6-12-3/h8-9,12,15H,4-6H2,1-3H3,(H,13,14). The number of nitrogens with one attached hydrogen (secondary N) is 3. The second-order valence-corrected chi connectivity index (χ2v) is 6.44. The minimum Gasteiger partial charge on any atom is -0.314 e. The highest BCUT2D eigenvalue weighted by molar-refractivity contribution is 7.89. The monoisotopic (exact) mass is 272 g/mol. The molecule has 0 saturated heterocycles. The fourth-order valence-electron chi connectivity index (χ4n) is 2.21. The van der Waals surface area contributed by atoms with Gasteiger partial charge in [-0.25, -0.2) is 13.1 Å². The van der Waals surface area contributed by atoms with Gasteiger partial charge >= 0.3 is 0 Å². The van der Waals surface area contributed by atoms with E-state index in [4.69, 9.17) is 0 Å². The Morgan fingerprint density at radius 2 is 2.22 bits per heavy atom. The van der Waals surface area contributed by atoms with Crippen LogP contribution < -0.4 is 10.0 Å². The van der Waals surface area contributed by atoms with E-state index in [1.807, 2.05) is 0 Å². The predicted octanol–water partition coefficient (Wildman–Crippen LogP) is 0.514. The average molecular weight is 272 g/mol. The third-order valence-corrected chi connectivity index (χ3v) is 5.02. The molecule has 0 radical (unpaired) electrons. The molecule has 1 aliphatic rings. The van der Waals surface area contributed by atoms with Crippen LogP contribution in [0.25, 0.3) is 0 Å². The molecule has 18 heavy (non-hydrogen) atoms. The lowest BCUT2D eigenvalue weighted by Gasteiger charge is -2.07. The van der Waals surface area contributed by atoms with Crippen LogP contribution in [-0.4, -0.2) is 31.7 Å². The van der Waals surface area contributed by atoms with E-state index in [2.05, 4.69) is 27.2 Å². The Morgan fingerprint density at radius 3 is 2.78 bits per heavy atom. The molecule has 1 fully saturated rings. The molecule has 0 aromatic carbocycles. The lowest BCUT2D eigenvalue weighted by Crippen LogP contribution is -2.28. The lowest BCUT2D eigenvalue weighted by atomic mass is 10.3. The molecule has 0 bridgehead atoms. The van der Waals surface area contributed by atoms with Gasteiger partial charge in [-0.1, -0.05) is 13.3 Å². The second-order valence-electron chi connectivity index (χ2n) is 4.79. The van der Waals surface area contributed by atoms with E-state index in [0.717, 1.165) is 12.8 Å². The molecule has 1 aliphatic carbocycles. The zero-order valence-corrected chi connectivity index (χ0v) is 11.8. The summed E-state index contributed by atoms with van der Waals surface area (Å²) in [6.07, 6.45) is 1.95. The number of hydrogen-bond donors (Lipinski definition) is 3. The third-order valence-electron chi connectivity index (χ3n) is 3.33. The van der Waals surface area contributed by atoms with Crippen LogP contribution >= 0.6 is 0 Å². The number of hydrogen-bond acceptors (Lipinski definition) is 4. The number of sulfonamides is 1. The van der Waals surface area contributed by atoms with Gasteiger partial charge in [0.05, 0.1) is 11.4 Å². The van der Waals surface area contributed by atoms with Crippen molar-refractivity contribution in [3.05, 3.63) is 11.4 Å². The molecule has 0 amide bonds. The molecule has 1 heterocycles. The summed E-state index contributed by atoms with van der Waals surface area (Å²) in [6.45, 7) is 4.24. The van der Waals surface area contributed by atoms with E-state index in [1.165, 1.54) is 0 Å². The fraction of sp³-hybridized carbons (Fsp3) is 0.727. The minimum atomic E-state index is -3.46. The molecule has 3 N–H and O–H groups in total. The molecule has 6 nitrogen and oxygen atoms in total. The fourth-order valence-corrected chi connectivity index (χ4v) is 3.90. The van der Waals surface area contributed by atoms with Crippen molar-refractivity contribution in [2.24, 2.45) is 5.92 Å². The first-order chi connectivity index (χ1) is 8.49. The summed E-state index contributed by atoms with van der Waals surface area (Å²) in [5, 5.41) is 9.69. The van der Waals surface area contributed by atoms with E-state index in [0.29, 0.717) is 28.7 Å². The van der Waals surface area contributed by atoms with Crippen molar-refractivity contribution in [3.63, 3.8) is 0 Å². The first-order valence-corrected chi connectivity index (χ1v) is 7.68. The molecule has 2 unspecified atom stereocenters. The van der Waals surface area contributed by atoms with Crippen LogP contribution in [0, 0.1) is 12.8 Å². The molecular formula is C11H20N4O2S. The van der Waals surface area contributed by atoms with Gasteiger partial charge in [-0.2, -0.15) is 5.10 Å². The molecule has 7 heteroatoms. The highest BCUT2D eigenvalue weighted by atomic mass is 32.2. The SMILES string of the molecule is CCC1CC1NS(=O)(=O)c1c(CNC)n[nH]c1C. The number of H-pyrrole nitrogens is 1. The van der Waals surface area contributed by atoms with E-state index in [-0.39, 0.29) is 6.04 Å². The largest absolute Gasteiger partial charge is 0.314 e. The van der Waals surface area contributed by atoms with Crippen LogP contribution in [0.5, 0.6) is 0 Å². The average Bonchev–Trinajstić information content (AvgIpc) is 2.92. The molecule has 1 saturated carbocycles. The van der Waals surface area contributed by atoms with Crippen molar-refractivity contribution in [1.29, 1.82) is 0 Å². The number of nitrogens with zero attached hydrogens (tertiary/aromatic N) is 1. The smallest absolute Gasteiger partial charge is 0.244 e. The lowest BCUT2D eigenvalue weighted by molar-refractivity contribution is 0.573. The topological polar surface area (TPSA) is 86.9 Å². The van der Waals surface area contributed by atoms with Gasteiger partial charge in [0.25, 0.3) is 0 Å². The summed E-state index contributed by atoms with van der Waals surface area (Å²) in [7, 11) is -1.70.